The van der Waals surface area contributed by atoms with E-state index in [0.29, 0.717) is 0 Å². The summed E-state index contributed by atoms with van der Waals surface area (Å²) >= 11 is 0. The number of hydrogen-bond donors (Lipinski definition) is 0. The molecule has 2 aromatic heterocycles. The van der Waals surface area contributed by atoms with Gasteiger partial charge >= 0.3 is 0 Å². The zero-order valence-corrected chi connectivity index (χ0v) is 66.5. The highest BCUT2D eigenvalue weighted by molar-refractivity contribution is 6.12. The molecule has 4 nitrogen and oxygen atoms in total. The molecule has 558 valence electrons. The van der Waals surface area contributed by atoms with Crippen molar-refractivity contribution in [1.82, 2.24) is 9.97 Å². The molecule has 22 rings (SSSR count). The minimum atomic E-state index is -0.0700. The van der Waals surface area contributed by atoms with Crippen LogP contribution >= 0.6 is 0 Å². The second kappa shape index (κ2) is 29.3. The highest BCUT2D eigenvalue weighted by Crippen LogP contribution is 2.55. The van der Waals surface area contributed by atoms with Gasteiger partial charge in [0.05, 0.1) is 11.0 Å². The van der Waals surface area contributed by atoms with Crippen LogP contribution in [0.25, 0.3) is 132 Å². The van der Waals surface area contributed by atoms with E-state index in [9.17, 15) is 0 Å². The number of nitrogens with zero attached hydrogens (tertiary/aromatic N) is 4. The smallest absolute Gasteiger partial charge is 0.0970 e. The van der Waals surface area contributed by atoms with Gasteiger partial charge in [-0.2, -0.15) is 0 Å². The fourth-order valence-electron chi connectivity index (χ4n) is 18.8. The number of aromatic nitrogens is 2. The summed E-state index contributed by atoms with van der Waals surface area (Å²) in [7, 11) is 0. The Balaban J connectivity index is 0.000000123. The van der Waals surface area contributed by atoms with Crippen LogP contribution in [-0.4, -0.2) is 9.97 Å². The maximum absolute atomic E-state index is 4.67. The van der Waals surface area contributed by atoms with Crippen LogP contribution in [0.15, 0.2) is 413 Å². The van der Waals surface area contributed by atoms with Gasteiger partial charge in [0.1, 0.15) is 0 Å². The van der Waals surface area contributed by atoms with Crippen LogP contribution in [0, 0.1) is 0 Å². The number of anilines is 6. The lowest BCUT2D eigenvalue weighted by molar-refractivity contribution is 0.660. The maximum Gasteiger partial charge on any atom is 0.0970 e. The van der Waals surface area contributed by atoms with Gasteiger partial charge in [0.25, 0.3) is 0 Å². The van der Waals surface area contributed by atoms with Crippen LogP contribution < -0.4 is 9.80 Å². The Hall–Kier alpha value is -14.3. The van der Waals surface area contributed by atoms with Crippen molar-refractivity contribution in [2.24, 2.45) is 0 Å². The average molecular weight is 1500 g/mol. The van der Waals surface area contributed by atoms with Crippen LogP contribution in [0.4, 0.5) is 34.1 Å². The number of pyridine rings is 2. The lowest BCUT2D eigenvalue weighted by Gasteiger charge is -2.28. The molecule has 0 bridgehead atoms. The Labute approximate surface area is 685 Å². The van der Waals surface area contributed by atoms with Crippen molar-refractivity contribution in [2.75, 3.05) is 9.80 Å². The van der Waals surface area contributed by atoms with E-state index in [1.165, 1.54) is 144 Å². The second-order valence-corrected chi connectivity index (χ2v) is 32.8. The third-order valence-electron chi connectivity index (χ3n) is 24.9. The largest absolute Gasteiger partial charge is 0.310 e. The van der Waals surface area contributed by atoms with Crippen molar-refractivity contribution < 1.29 is 0 Å². The number of hydrogen-bond acceptors (Lipinski definition) is 4. The zero-order chi connectivity index (χ0) is 78.9. The van der Waals surface area contributed by atoms with E-state index in [1.807, 2.05) is 24.5 Å². The number of fused-ring (bicyclic) bond motifs is 15. The van der Waals surface area contributed by atoms with Crippen LogP contribution in [-0.2, 0) is 16.2 Å². The van der Waals surface area contributed by atoms with E-state index in [-0.39, 0.29) is 16.2 Å². The van der Waals surface area contributed by atoms with Crippen LogP contribution in [0.2, 0.25) is 0 Å². The third-order valence-corrected chi connectivity index (χ3v) is 24.9. The van der Waals surface area contributed by atoms with Gasteiger partial charge in [0, 0.05) is 73.5 Å². The minimum absolute atomic E-state index is 0.0431. The first-order valence-electron chi connectivity index (χ1n) is 40.7. The highest BCUT2D eigenvalue weighted by atomic mass is 15.1. The van der Waals surface area contributed by atoms with E-state index < -0.39 is 0 Å². The molecule has 0 N–H and O–H groups in total. The molecule has 3 aliphatic rings. The number of rotatable bonds is 11. The molecule has 17 aromatic carbocycles. The van der Waals surface area contributed by atoms with Crippen LogP contribution in [0.5, 0.6) is 0 Å². The third kappa shape index (κ3) is 12.7. The summed E-state index contributed by atoms with van der Waals surface area (Å²) in [6.45, 7) is 14.1. The Morgan fingerprint density at radius 2 is 0.479 bits per heavy atom. The molecule has 0 atom stereocenters. The second-order valence-electron chi connectivity index (χ2n) is 32.8. The van der Waals surface area contributed by atoms with Crippen molar-refractivity contribution in [3.63, 3.8) is 0 Å². The summed E-state index contributed by atoms with van der Waals surface area (Å²) in [5.41, 5.74) is 37.2. The molecule has 2 heterocycles. The first-order valence-corrected chi connectivity index (χ1v) is 40.7. The quantitative estimate of drug-likeness (QED) is 0.121. The van der Waals surface area contributed by atoms with Gasteiger partial charge < -0.3 is 9.80 Å². The first-order chi connectivity index (χ1) is 57.3. The molecule has 0 unspecified atom stereocenters. The summed E-state index contributed by atoms with van der Waals surface area (Å²) in [5, 5.41) is 7.47. The van der Waals surface area contributed by atoms with E-state index in [4.69, 9.17) is 0 Å². The molecule has 0 fully saturated rings. The van der Waals surface area contributed by atoms with Crippen molar-refractivity contribution in [3.8, 4) is 89.0 Å². The summed E-state index contributed by atoms with van der Waals surface area (Å²) in [4.78, 5) is 14.1. The Bertz CT molecular complexity index is 6700. The van der Waals surface area contributed by atoms with Gasteiger partial charge in [-0.3, -0.25) is 9.97 Å². The van der Waals surface area contributed by atoms with Crippen molar-refractivity contribution in [3.05, 3.63) is 446 Å². The van der Waals surface area contributed by atoms with E-state index in [1.54, 1.807) is 0 Å². The highest BCUT2D eigenvalue weighted by Gasteiger charge is 2.39. The SMILES string of the molecule is CC1(C)c2cc(-c3ccccc3)ccc2-c2ccc(-c3ccc4c(ccc5ccccc54)c3)cc21.CC1(C)c2ccccc2-c2ccc(N(c3ccccc3)c3ccc(-c4ccc(N(c5ccccc5)c5ccc6c(c5)C(C)(C)c5ccccc5-6)cc4)cc3)cc21.c1ccc(-c2ccnc3c2ccc2c(-c4ccccc4)ccnc23)cc1. The summed E-state index contributed by atoms with van der Waals surface area (Å²) < 4.78 is 0. The predicted octanol–water partition coefficient (Wildman–Crippen LogP) is 30.7. The van der Waals surface area contributed by atoms with E-state index in [0.717, 1.165) is 55.9 Å². The summed E-state index contributed by atoms with van der Waals surface area (Å²) in [5.74, 6) is 0. The molecule has 3 aliphatic carbocycles. The predicted molar refractivity (Wildman–Crippen MR) is 494 cm³/mol. The average Bonchev–Trinajstić information content (AvgIpc) is 1.58. The Morgan fingerprint density at radius 1 is 0.179 bits per heavy atom. The minimum Gasteiger partial charge on any atom is -0.310 e. The summed E-state index contributed by atoms with van der Waals surface area (Å²) in [6, 6.07) is 145. The molecular weight excluding hydrogens is 1410 g/mol. The van der Waals surface area contributed by atoms with Crippen molar-refractivity contribution >= 4 is 77.5 Å². The maximum atomic E-state index is 4.67. The van der Waals surface area contributed by atoms with Crippen LogP contribution in [0.1, 0.15) is 74.9 Å². The van der Waals surface area contributed by atoms with Gasteiger partial charge in [0.15, 0.2) is 0 Å². The first kappa shape index (κ1) is 71.7. The Morgan fingerprint density at radius 3 is 0.949 bits per heavy atom. The lowest BCUT2D eigenvalue weighted by Crippen LogP contribution is -2.16. The molecule has 19 aromatic rings. The molecule has 0 spiro atoms. The molecule has 0 radical (unpaired) electrons. The number of para-hydroxylation sites is 2. The zero-order valence-electron chi connectivity index (χ0n) is 66.5. The Kier molecular flexibility index (Phi) is 17.9. The fraction of sp³-hybridized carbons (Fsp3) is 0.0796. The van der Waals surface area contributed by atoms with Gasteiger partial charge in [0.2, 0.25) is 0 Å². The molecule has 117 heavy (non-hydrogen) atoms. The molecule has 4 heteroatoms. The molecule has 0 saturated carbocycles. The fourth-order valence-corrected chi connectivity index (χ4v) is 18.8. The molecule has 0 amide bonds. The lowest BCUT2D eigenvalue weighted by atomic mass is 9.81. The molecule has 0 saturated heterocycles. The standard InChI is InChI=1S/C54H44N2.C35H26.C24H16N2/c1-53(2)49-21-13-11-19-45(49)47-33-31-43(35-51(47)53)55(39-15-7-5-8-16-39)41-27-23-37(24-28-41)38-25-29-42(30-26-38)56(40-17-9-6-10-18-40)44-32-34-48-46-20-12-14-22-50(46)54(3,4)52(48)36-44;1-35(2)33-21-26(23-8-4-3-5-9-23)15-18-31(33)32-19-16-27(22-34(32)35)25-14-17-30-28(20-25)13-12-24-10-6-7-11-29(24)30;1-3-7-17(8-4-1)19-13-15-25-23-21(19)11-12-22-20(14-16-26-24(22)23)18-9-5-2-6-10-18/h5-36H,1-4H3;3-22H,1-2H3;1-16H. The van der Waals surface area contributed by atoms with Gasteiger partial charge in [-0.15, -0.1) is 0 Å². The normalized spacial score (nSPS) is 13.2. The monoisotopic (exact) mass is 1500 g/mol. The number of benzene rings is 17. The van der Waals surface area contributed by atoms with Crippen molar-refractivity contribution in [2.45, 2.75) is 57.8 Å². The molecule has 0 aliphatic heterocycles. The van der Waals surface area contributed by atoms with Gasteiger partial charge in [-0.1, -0.05) is 339 Å². The van der Waals surface area contributed by atoms with Gasteiger partial charge in [-0.05, 0) is 247 Å². The van der Waals surface area contributed by atoms with Crippen LogP contribution in [0.3, 0.4) is 0 Å². The van der Waals surface area contributed by atoms with Crippen molar-refractivity contribution in [1.29, 1.82) is 0 Å². The van der Waals surface area contributed by atoms with Gasteiger partial charge in [-0.25, -0.2) is 0 Å². The van der Waals surface area contributed by atoms with E-state index >= 15 is 0 Å². The molecular formula is C113H86N4. The van der Waals surface area contributed by atoms with E-state index in [2.05, 4.69) is 450 Å². The summed E-state index contributed by atoms with van der Waals surface area (Å²) in [6.07, 6.45) is 3.75. The topological polar surface area (TPSA) is 32.3 Å².